The van der Waals surface area contributed by atoms with E-state index in [0.29, 0.717) is 22.9 Å². The number of fused-ring (bicyclic) bond motifs is 1. The molecule has 4 rings (SSSR count). The number of hydrogen-bond acceptors (Lipinski definition) is 5. The van der Waals surface area contributed by atoms with Crippen LogP contribution in [0.3, 0.4) is 0 Å². The number of ether oxygens (including phenoxy) is 1. The summed E-state index contributed by atoms with van der Waals surface area (Å²) in [7, 11) is 0. The second-order valence-corrected chi connectivity index (χ2v) is 8.70. The van der Waals surface area contributed by atoms with E-state index in [1.165, 1.54) is 23.0 Å². The molecule has 1 unspecified atom stereocenters. The number of halogens is 1. The minimum Gasteiger partial charge on any atom is -0.376 e. The van der Waals surface area contributed by atoms with Gasteiger partial charge in [0, 0.05) is 12.4 Å². The lowest BCUT2D eigenvalue weighted by Gasteiger charge is -2.23. The molecule has 3 aromatic rings. The van der Waals surface area contributed by atoms with Gasteiger partial charge in [0.15, 0.2) is 5.13 Å². The zero-order chi connectivity index (χ0) is 19.3. The SMILES string of the molecule is O=C(CSCc1ccccc1)N(CC1CCCO1)c1nc2c(F)cccc2s1. The molecule has 0 aliphatic carbocycles. The number of para-hydroxylation sites is 1. The van der Waals surface area contributed by atoms with Crippen LogP contribution in [0.25, 0.3) is 10.2 Å². The van der Waals surface area contributed by atoms with Crippen LogP contribution in [0, 0.1) is 5.82 Å². The van der Waals surface area contributed by atoms with E-state index in [4.69, 9.17) is 4.74 Å². The lowest BCUT2D eigenvalue weighted by Crippen LogP contribution is -2.38. The molecule has 1 aromatic heterocycles. The number of hydrogen-bond donors (Lipinski definition) is 0. The molecule has 2 aromatic carbocycles. The van der Waals surface area contributed by atoms with Crippen molar-refractivity contribution in [3.8, 4) is 0 Å². The number of benzene rings is 2. The topological polar surface area (TPSA) is 42.4 Å². The Hall–Kier alpha value is -1.96. The van der Waals surface area contributed by atoms with Gasteiger partial charge in [-0.25, -0.2) is 9.37 Å². The maximum Gasteiger partial charge on any atom is 0.238 e. The predicted molar refractivity (Wildman–Crippen MR) is 114 cm³/mol. The van der Waals surface area contributed by atoms with Crippen LogP contribution in [0.1, 0.15) is 18.4 Å². The molecule has 0 spiro atoms. The number of carbonyl (C=O) groups is 1. The molecular formula is C21H21FN2O2S2. The quantitative estimate of drug-likeness (QED) is 0.550. The van der Waals surface area contributed by atoms with E-state index >= 15 is 0 Å². The summed E-state index contributed by atoms with van der Waals surface area (Å²) in [5.41, 5.74) is 1.51. The number of thiazole rings is 1. The van der Waals surface area contributed by atoms with Gasteiger partial charge in [0.1, 0.15) is 11.3 Å². The molecule has 0 bridgehead atoms. The Morgan fingerprint density at radius 3 is 2.86 bits per heavy atom. The molecule has 28 heavy (non-hydrogen) atoms. The fourth-order valence-corrected chi connectivity index (χ4v) is 5.07. The summed E-state index contributed by atoms with van der Waals surface area (Å²) in [6.45, 7) is 1.19. The number of nitrogens with zero attached hydrogens (tertiary/aromatic N) is 2. The molecule has 1 amide bonds. The van der Waals surface area contributed by atoms with Crippen LogP contribution < -0.4 is 4.90 Å². The van der Waals surface area contributed by atoms with Crippen LogP contribution in [-0.4, -0.2) is 35.9 Å². The van der Waals surface area contributed by atoms with Gasteiger partial charge in [0.05, 0.1) is 23.1 Å². The molecule has 2 heterocycles. The van der Waals surface area contributed by atoms with Gasteiger partial charge in [0.2, 0.25) is 5.91 Å². The zero-order valence-electron chi connectivity index (χ0n) is 15.3. The Kier molecular flexibility index (Phi) is 6.24. The minimum absolute atomic E-state index is 0.0138. The van der Waals surface area contributed by atoms with Crippen molar-refractivity contribution in [2.24, 2.45) is 0 Å². The Bertz CT molecular complexity index is 942. The van der Waals surface area contributed by atoms with Crippen LogP contribution in [-0.2, 0) is 15.3 Å². The van der Waals surface area contributed by atoms with E-state index in [1.807, 2.05) is 24.3 Å². The molecule has 0 radical (unpaired) electrons. The predicted octanol–water partition coefficient (Wildman–Crippen LogP) is 4.88. The normalized spacial score (nSPS) is 16.5. The highest BCUT2D eigenvalue weighted by atomic mass is 32.2. The van der Waals surface area contributed by atoms with Crippen molar-refractivity contribution >= 4 is 44.4 Å². The highest BCUT2D eigenvalue weighted by Crippen LogP contribution is 2.31. The van der Waals surface area contributed by atoms with Crippen molar-refractivity contribution in [3.63, 3.8) is 0 Å². The molecule has 1 atom stereocenters. The van der Waals surface area contributed by atoms with Crippen molar-refractivity contribution in [3.05, 3.63) is 59.9 Å². The summed E-state index contributed by atoms with van der Waals surface area (Å²) in [5.74, 6) is 0.744. The number of thioether (sulfide) groups is 1. The van der Waals surface area contributed by atoms with Gasteiger partial charge in [-0.2, -0.15) is 0 Å². The maximum absolute atomic E-state index is 14.1. The van der Waals surface area contributed by atoms with Crippen molar-refractivity contribution in [1.29, 1.82) is 0 Å². The summed E-state index contributed by atoms with van der Waals surface area (Å²) >= 11 is 2.93. The van der Waals surface area contributed by atoms with Crippen LogP contribution in [0.15, 0.2) is 48.5 Å². The maximum atomic E-state index is 14.1. The number of carbonyl (C=O) groups excluding carboxylic acids is 1. The first-order valence-corrected chi connectivity index (χ1v) is 11.3. The average Bonchev–Trinajstić information content (AvgIpc) is 3.37. The minimum atomic E-state index is -0.358. The molecule has 1 saturated heterocycles. The fourth-order valence-electron chi connectivity index (χ4n) is 3.21. The van der Waals surface area contributed by atoms with Gasteiger partial charge in [-0.05, 0) is 30.5 Å². The molecule has 1 aliphatic rings. The van der Waals surface area contributed by atoms with Gasteiger partial charge in [-0.15, -0.1) is 11.8 Å². The Balaban J connectivity index is 1.50. The van der Waals surface area contributed by atoms with E-state index in [2.05, 4.69) is 17.1 Å². The number of aromatic nitrogens is 1. The van der Waals surface area contributed by atoms with E-state index in [1.54, 1.807) is 22.7 Å². The summed E-state index contributed by atoms with van der Waals surface area (Å²) < 4.78 is 20.5. The number of anilines is 1. The Morgan fingerprint density at radius 1 is 1.25 bits per heavy atom. The lowest BCUT2D eigenvalue weighted by atomic mass is 10.2. The monoisotopic (exact) mass is 416 g/mol. The molecule has 7 heteroatoms. The summed E-state index contributed by atoms with van der Waals surface area (Å²) in [5, 5.41) is 0.543. The van der Waals surface area contributed by atoms with Gasteiger partial charge in [-0.3, -0.25) is 9.69 Å². The van der Waals surface area contributed by atoms with Crippen LogP contribution in [0.5, 0.6) is 0 Å². The molecule has 0 saturated carbocycles. The first kappa shape index (κ1) is 19.4. The molecule has 1 aliphatic heterocycles. The second kappa shape index (κ2) is 9.03. The third-order valence-electron chi connectivity index (χ3n) is 4.64. The number of amides is 1. The van der Waals surface area contributed by atoms with Crippen molar-refractivity contribution in [2.75, 3.05) is 23.8 Å². The smallest absolute Gasteiger partial charge is 0.238 e. The van der Waals surface area contributed by atoms with Gasteiger partial charge in [0.25, 0.3) is 0 Å². The molecule has 0 N–H and O–H groups in total. The van der Waals surface area contributed by atoms with Crippen molar-refractivity contribution in [2.45, 2.75) is 24.7 Å². The van der Waals surface area contributed by atoms with E-state index in [0.717, 1.165) is 29.9 Å². The summed E-state index contributed by atoms with van der Waals surface area (Å²) in [4.78, 5) is 19.1. The summed E-state index contributed by atoms with van der Waals surface area (Å²) in [6.07, 6.45) is 1.95. The first-order chi connectivity index (χ1) is 13.7. The lowest BCUT2D eigenvalue weighted by molar-refractivity contribution is -0.116. The van der Waals surface area contributed by atoms with Gasteiger partial charge < -0.3 is 4.74 Å². The molecular weight excluding hydrogens is 395 g/mol. The van der Waals surface area contributed by atoms with Crippen LogP contribution >= 0.6 is 23.1 Å². The molecule has 1 fully saturated rings. The van der Waals surface area contributed by atoms with Gasteiger partial charge in [-0.1, -0.05) is 47.7 Å². The Morgan fingerprint density at radius 2 is 2.11 bits per heavy atom. The average molecular weight is 417 g/mol. The third-order valence-corrected chi connectivity index (χ3v) is 6.67. The second-order valence-electron chi connectivity index (χ2n) is 6.70. The first-order valence-electron chi connectivity index (χ1n) is 9.29. The number of rotatable bonds is 7. The van der Waals surface area contributed by atoms with Gasteiger partial charge >= 0.3 is 0 Å². The van der Waals surface area contributed by atoms with Crippen molar-refractivity contribution in [1.82, 2.24) is 4.98 Å². The third kappa shape index (κ3) is 4.54. The highest BCUT2D eigenvalue weighted by molar-refractivity contribution is 7.99. The standard InChI is InChI=1S/C21H21FN2O2S2/c22-17-9-4-10-18-20(17)23-21(28-18)24(12-16-8-5-11-26-16)19(25)14-27-13-15-6-2-1-3-7-15/h1-4,6-7,9-10,16H,5,8,11-14H2. The molecule has 4 nitrogen and oxygen atoms in total. The van der Waals surface area contributed by atoms with E-state index in [9.17, 15) is 9.18 Å². The van der Waals surface area contributed by atoms with Crippen LogP contribution in [0.2, 0.25) is 0 Å². The van der Waals surface area contributed by atoms with Crippen molar-refractivity contribution < 1.29 is 13.9 Å². The van der Waals surface area contributed by atoms with Crippen LogP contribution in [0.4, 0.5) is 9.52 Å². The van der Waals surface area contributed by atoms with E-state index < -0.39 is 0 Å². The largest absolute Gasteiger partial charge is 0.376 e. The fraction of sp³-hybridized carbons (Fsp3) is 0.333. The molecule has 146 valence electrons. The highest BCUT2D eigenvalue weighted by Gasteiger charge is 2.26. The zero-order valence-corrected chi connectivity index (χ0v) is 17.0. The van der Waals surface area contributed by atoms with E-state index in [-0.39, 0.29) is 17.8 Å². The summed E-state index contributed by atoms with van der Waals surface area (Å²) in [6, 6.07) is 15.0. The Labute approximate surface area is 171 Å².